The van der Waals surface area contributed by atoms with Crippen molar-refractivity contribution in [2.45, 2.75) is 42.6 Å². The van der Waals surface area contributed by atoms with Crippen molar-refractivity contribution in [1.82, 2.24) is 4.72 Å². The highest BCUT2D eigenvalue weighted by Crippen LogP contribution is 2.34. The lowest BCUT2D eigenvalue weighted by Crippen LogP contribution is -2.49. The van der Waals surface area contributed by atoms with Crippen molar-refractivity contribution >= 4 is 10.0 Å². The first-order valence-corrected chi connectivity index (χ1v) is 8.74. The summed E-state index contributed by atoms with van der Waals surface area (Å²) in [6, 6.07) is 6.80. The minimum absolute atomic E-state index is 0.140. The Labute approximate surface area is 126 Å². The van der Waals surface area contributed by atoms with Gasteiger partial charge in [0.25, 0.3) is 0 Å². The number of hydrogen-bond donors (Lipinski definition) is 2. The molecular formula is C15H23NO4S. The van der Waals surface area contributed by atoms with E-state index in [1.807, 2.05) is 0 Å². The second kappa shape index (κ2) is 6.87. The fourth-order valence-corrected chi connectivity index (χ4v) is 3.57. The maximum Gasteiger partial charge on any atom is 0.240 e. The van der Waals surface area contributed by atoms with E-state index >= 15 is 0 Å². The number of aryl methyl sites for hydroxylation is 1. The largest absolute Gasteiger partial charge is 0.396 e. The van der Waals surface area contributed by atoms with Gasteiger partial charge in [0.05, 0.1) is 10.5 Å². The standard InChI is InChI=1S/C15H23NO4S/c1-20-15(9-3-10-15)12-16-21(18,19)14-7-5-13(6-8-14)4-2-11-17/h5-8,16-17H,2-4,9-12H2,1H3. The number of aliphatic hydroxyl groups excluding tert-OH is 1. The van der Waals surface area contributed by atoms with E-state index in [4.69, 9.17) is 9.84 Å². The Hall–Kier alpha value is -0.950. The highest BCUT2D eigenvalue weighted by molar-refractivity contribution is 7.89. The molecule has 0 amide bonds. The maximum absolute atomic E-state index is 12.3. The van der Waals surface area contributed by atoms with E-state index in [1.54, 1.807) is 31.4 Å². The molecule has 1 aliphatic carbocycles. The number of ether oxygens (including phenoxy) is 1. The predicted octanol–water partition coefficient (Wildman–Crippen LogP) is 1.46. The zero-order valence-corrected chi connectivity index (χ0v) is 13.2. The Morgan fingerprint density at radius 3 is 2.43 bits per heavy atom. The quantitative estimate of drug-likeness (QED) is 0.762. The Morgan fingerprint density at radius 1 is 1.29 bits per heavy atom. The predicted molar refractivity (Wildman–Crippen MR) is 80.6 cm³/mol. The molecule has 118 valence electrons. The first-order chi connectivity index (χ1) is 10.0. The molecule has 1 aromatic carbocycles. The normalized spacial score (nSPS) is 17.4. The molecule has 0 bridgehead atoms. The fraction of sp³-hybridized carbons (Fsp3) is 0.600. The number of rotatable bonds is 8. The minimum Gasteiger partial charge on any atom is -0.396 e. The van der Waals surface area contributed by atoms with Gasteiger partial charge in [0, 0.05) is 20.3 Å². The van der Waals surface area contributed by atoms with Crippen molar-refractivity contribution in [1.29, 1.82) is 0 Å². The molecule has 6 heteroatoms. The number of benzene rings is 1. The maximum atomic E-state index is 12.3. The van der Waals surface area contributed by atoms with E-state index in [9.17, 15) is 8.42 Å². The topological polar surface area (TPSA) is 75.6 Å². The summed E-state index contributed by atoms with van der Waals surface area (Å²) in [6.07, 6.45) is 4.30. The molecule has 5 nitrogen and oxygen atoms in total. The lowest BCUT2D eigenvalue weighted by molar-refractivity contribution is -0.0659. The third kappa shape index (κ3) is 4.03. The molecule has 1 saturated carbocycles. The van der Waals surface area contributed by atoms with Crippen molar-refractivity contribution in [3.05, 3.63) is 29.8 Å². The van der Waals surface area contributed by atoms with Crippen LogP contribution in [-0.4, -0.2) is 39.4 Å². The van der Waals surface area contributed by atoms with Gasteiger partial charge in [-0.2, -0.15) is 0 Å². The summed E-state index contributed by atoms with van der Waals surface area (Å²) in [5, 5.41) is 8.79. The zero-order valence-electron chi connectivity index (χ0n) is 12.3. The molecule has 0 radical (unpaired) electrons. The van der Waals surface area contributed by atoms with Crippen LogP contribution in [0.2, 0.25) is 0 Å². The zero-order chi connectivity index (χ0) is 15.3. The third-order valence-electron chi connectivity index (χ3n) is 4.14. The van der Waals surface area contributed by atoms with Crippen molar-refractivity contribution in [3.8, 4) is 0 Å². The molecule has 1 aromatic rings. The molecule has 21 heavy (non-hydrogen) atoms. The van der Waals surface area contributed by atoms with Crippen LogP contribution in [-0.2, 0) is 21.2 Å². The Balaban J connectivity index is 1.98. The molecule has 1 aliphatic rings. The number of methoxy groups -OCH3 is 1. The van der Waals surface area contributed by atoms with Crippen molar-refractivity contribution in [2.24, 2.45) is 0 Å². The summed E-state index contributed by atoms with van der Waals surface area (Å²) < 4.78 is 32.6. The summed E-state index contributed by atoms with van der Waals surface area (Å²) in [5.74, 6) is 0. The second-order valence-electron chi connectivity index (χ2n) is 5.54. The van der Waals surface area contributed by atoms with E-state index in [0.717, 1.165) is 31.2 Å². The lowest BCUT2D eigenvalue weighted by Gasteiger charge is -2.40. The van der Waals surface area contributed by atoms with Gasteiger partial charge in [-0.05, 0) is 49.8 Å². The van der Waals surface area contributed by atoms with Gasteiger partial charge in [0.2, 0.25) is 10.0 Å². The van der Waals surface area contributed by atoms with Gasteiger partial charge in [0.1, 0.15) is 0 Å². The van der Waals surface area contributed by atoms with E-state index in [0.29, 0.717) is 13.0 Å². The van der Waals surface area contributed by atoms with Crippen molar-refractivity contribution < 1.29 is 18.3 Å². The van der Waals surface area contributed by atoms with Crippen molar-refractivity contribution in [3.63, 3.8) is 0 Å². The van der Waals surface area contributed by atoms with E-state index < -0.39 is 10.0 Å². The second-order valence-corrected chi connectivity index (χ2v) is 7.30. The van der Waals surface area contributed by atoms with Crippen LogP contribution in [0, 0.1) is 0 Å². The molecule has 0 saturated heterocycles. The van der Waals surface area contributed by atoms with Gasteiger partial charge in [0.15, 0.2) is 0 Å². The van der Waals surface area contributed by atoms with E-state index in [2.05, 4.69) is 4.72 Å². The SMILES string of the molecule is COC1(CNS(=O)(=O)c2ccc(CCCO)cc2)CCC1. The van der Waals surface area contributed by atoms with Crippen LogP contribution in [0.25, 0.3) is 0 Å². The third-order valence-corrected chi connectivity index (χ3v) is 5.56. The smallest absolute Gasteiger partial charge is 0.240 e. The van der Waals surface area contributed by atoms with E-state index in [1.165, 1.54) is 0 Å². The lowest BCUT2D eigenvalue weighted by atomic mass is 9.80. The molecule has 0 aromatic heterocycles. The van der Waals surface area contributed by atoms with Crippen molar-refractivity contribution in [2.75, 3.05) is 20.3 Å². The summed E-state index contributed by atoms with van der Waals surface area (Å²) in [7, 11) is -1.87. The van der Waals surface area contributed by atoms with Gasteiger partial charge in [-0.15, -0.1) is 0 Å². The first kappa shape index (κ1) is 16.4. The molecule has 0 unspecified atom stereocenters. The number of sulfonamides is 1. The van der Waals surface area contributed by atoms with E-state index in [-0.39, 0.29) is 17.1 Å². The van der Waals surface area contributed by atoms with Crippen LogP contribution in [0.3, 0.4) is 0 Å². The molecule has 2 N–H and O–H groups in total. The fourth-order valence-electron chi connectivity index (χ4n) is 2.45. The molecule has 0 atom stereocenters. The van der Waals surface area contributed by atoms with Gasteiger partial charge in [-0.3, -0.25) is 0 Å². The molecule has 0 heterocycles. The minimum atomic E-state index is -3.50. The molecule has 2 rings (SSSR count). The first-order valence-electron chi connectivity index (χ1n) is 7.26. The average Bonchev–Trinajstić information content (AvgIpc) is 2.45. The summed E-state index contributed by atoms with van der Waals surface area (Å²) in [5.41, 5.74) is 0.698. The molecular weight excluding hydrogens is 290 g/mol. The number of hydrogen-bond acceptors (Lipinski definition) is 4. The summed E-state index contributed by atoms with van der Waals surface area (Å²) in [4.78, 5) is 0.265. The van der Waals surface area contributed by atoms with Crippen LogP contribution in [0.4, 0.5) is 0 Å². The summed E-state index contributed by atoms with van der Waals surface area (Å²) in [6.45, 7) is 0.457. The van der Waals surface area contributed by atoms with Crippen LogP contribution in [0.15, 0.2) is 29.2 Å². The average molecular weight is 313 g/mol. The van der Waals surface area contributed by atoms with Gasteiger partial charge < -0.3 is 9.84 Å². The Morgan fingerprint density at radius 2 is 1.95 bits per heavy atom. The Bertz CT molecular complexity index is 544. The van der Waals surface area contributed by atoms with Crippen LogP contribution < -0.4 is 4.72 Å². The highest BCUT2D eigenvalue weighted by Gasteiger charge is 2.37. The van der Waals surface area contributed by atoms with Crippen LogP contribution in [0.1, 0.15) is 31.2 Å². The monoisotopic (exact) mass is 313 g/mol. The highest BCUT2D eigenvalue weighted by atomic mass is 32.2. The summed E-state index contributed by atoms with van der Waals surface area (Å²) >= 11 is 0. The molecule has 0 aliphatic heterocycles. The Kier molecular flexibility index (Phi) is 5.37. The molecule has 0 spiro atoms. The van der Waals surface area contributed by atoms with Crippen LogP contribution in [0.5, 0.6) is 0 Å². The number of nitrogens with one attached hydrogen (secondary N) is 1. The van der Waals surface area contributed by atoms with Gasteiger partial charge in [-0.25, -0.2) is 13.1 Å². The molecule has 1 fully saturated rings. The van der Waals surface area contributed by atoms with Crippen LogP contribution >= 0.6 is 0 Å². The van der Waals surface area contributed by atoms with Gasteiger partial charge >= 0.3 is 0 Å². The number of aliphatic hydroxyl groups is 1. The van der Waals surface area contributed by atoms with Gasteiger partial charge in [-0.1, -0.05) is 12.1 Å².